The summed E-state index contributed by atoms with van der Waals surface area (Å²) < 4.78 is 0. The summed E-state index contributed by atoms with van der Waals surface area (Å²) in [5, 5.41) is 24.4. The predicted molar refractivity (Wildman–Crippen MR) is 121 cm³/mol. The fourth-order valence-electron chi connectivity index (χ4n) is 5.23. The SMILES string of the molecule is O=C(c1ccc([N+](=O)[O-])cc1)N(Cc1ccc(Cl)cc1[N+](=O)[O-])N1C(=O)[C@@H]2[C@@H](C1=O)[C@H]1C=C[C@H]2C1. The van der Waals surface area contributed by atoms with Gasteiger partial charge in [-0.3, -0.25) is 34.6 Å². The molecule has 0 radical (unpaired) electrons. The van der Waals surface area contributed by atoms with Crippen molar-refractivity contribution in [1.82, 2.24) is 10.0 Å². The van der Waals surface area contributed by atoms with Gasteiger partial charge in [-0.1, -0.05) is 23.8 Å². The van der Waals surface area contributed by atoms with Crippen LogP contribution >= 0.6 is 11.6 Å². The van der Waals surface area contributed by atoms with Crippen LogP contribution in [0.25, 0.3) is 0 Å². The average Bonchev–Trinajstić information content (AvgIpc) is 3.52. The van der Waals surface area contributed by atoms with Crippen LogP contribution in [0.4, 0.5) is 11.4 Å². The smallest absolute Gasteiger partial charge is 0.272 e. The van der Waals surface area contributed by atoms with Gasteiger partial charge in [-0.2, -0.15) is 5.01 Å². The number of hydrogen-bond donors (Lipinski definition) is 0. The number of nitro groups is 2. The van der Waals surface area contributed by atoms with Crippen molar-refractivity contribution in [3.63, 3.8) is 0 Å². The van der Waals surface area contributed by atoms with Gasteiger partial charge in [-0.15, -0.1) is 0 Å². The second-order valence-electron chi connectivity index (χ2n) is 8.69. The molecule has 3 amide bonds. The monoisotopic (exact) mass is 496 g/mol. The highest BCUT2D eigenvalue weighted by molar-refractivity contribution is 6.30. The summed E-state index contributed by atoms with van der Waals surface area (Å²) in [6.45, 7) is -0.455. The van der Waals surface area contributed by atoms with Gasteiger partial charge < -0.3 is 0 Å². The van der Waals surface area contributed by atoms with Gasteiger partial charge in [-0.05, 0) is 42.5 Å². The van der Waals surface area contributed by atoms with Crippen LogP contribution in [0, 0.1) is 43.9 Å². The summed E-state index contributed by atoms with van der Waals surface area (Å²) in [6.07, 6.45) is 4.51. The Labute approximate surface area is 202 Å². The number of amides is 3. The molecule has 2 fully saturated rings. The normalized spacial score (nSPS) is 24.1. The maximum absolute atomic E-state index is 13.6. The fraction of sp³-hybridized carbons (Fsp3) is 0.261. The quantitative estimate of drug-likeness (QED) is 0.257. The minimum atomic E-state index is -0.800. The Hall–Kier alpha value is -4.12. The highest BCUT2D eigenvalue weighted by Gasteiger charge is 2.61. The van der Waals surface area contributed by atoms with E-state index >= 15 is 0 Å². The number of imide groups is 1. The molecule has 1 saturated carbocycles. The number of fused-ring (bicyclic) bond motifs is 5. The number of nitrogens with zero attached hydrogens (tertiary/aromatic N) is 4. The number of hydrazine groups is 1. The highest BCUT2D eigenvalue weighted by Crippen LogP contribution is 2.53. The van der Waals surface area contributed by atoms with E-state index < -0.39 is 45.9 Å². The van der Waals surface area contributed by atoms with Crippen LogP contribution in [0.3, 0.4) is 0 Å². The van der Waals surface area contributed by atoms with E-state index in [1.54, 1.807) is 0 Å². The molecule has 0 spiro atoms. The first-order valence-electron chi connectivity index (χ1n) is 10.7. The van der Waals surface area contributed by atoms with Crippen LogP contribution in [0.5, 0.6) is 0 Å². The summed E-state index contributed by atoms with van der Waals surface area (Å²) in [5.41, 5.74) is -0.577. The molecule has 0 aromatic heterocycles. The fourth-order valence-corrected chi connectivity index (χ4v) is 5.40. The summed E-state index contributed by atoms with van der Waals surface area (Å²) in [7, 11) is 0. The Morgan fingerprint density at radius 3 is 2.11 bits per heavy atom. The number of carbonyl (C=O) groups is 3. The maximum atomic E-state index is 13.6. The van der Waals surface area contributed by atoms with E-state index in [0.717, 1.165) is 28.2 Å². The van der Waals surface area contributed by atoms with Gasteiger partial charge in [-0.25, -0.2) is 5.01 Å². The van der Waals surface area contributed by atoms with Gasteiger partial charge in [0.2, 0.25) is 0 Å². The van der Waals surface area contributed by atoms with Crippen LogP contribution in [0.2, 0.25) is 5.02 Å². The van der Waals surface area contributed by atoms with Gasteiger partial charge in [0, 0.05) is 28.8 Å². The number of halogens is 1. The van der Waals surface area contributed by atoms with Crippen molar-refractivity contribution in [1.29, 1.82) is 0 Å². The molecule has 1 aliphatic heterocycles. The van der Waals surface area contributed by atoms with E-state index in [2.05, 4.69) is 0 Å². The summed E-state index contributed by atoms with van der Waals surface area (Å²) in [5.74, 6) is -3.27. The molecule has 1 heterocycles. The minimum absolute atomic E-state index is 0.0222. The van der Waals surface area contributed by atoms with E-state index in [9.17, 15) is 34.6 Å². The molecule has 2 aliphatic carbocycles. The van der Waals surface area contributed by atoms with Gasteiger partial charge in [0.15, 0.2) is 0 Å². The lowest BCUT2D eigenvalue weighted by molar-refractivity contribution is -0.385. The average molecular weight is 497 g/mol. The molecule has 11 nitrogen and oxygen atoms in total. The number of nitro benzene ring substituents is 2. The molecule has 2 aromatic rings. The Morgan fingerprint density at radius 2 is 1.57 bits per heavy atom. The molecule has 5 rings (SSSR count). The molecule has 35 heavy (non-hydrogen) atoms. The Bertz CT molecular complexity index is 1300. The third-order valence-corrected chi connectivity index (χ3v) is 7.05. The van der Waals surface area contributed by atoms with Gasteiger partial charge in [0.1, 0.15) is 0 Å². The molecule has 178 valence electrons. The zero-order valence-electron chi connectivity index (χ0n) is 17.9. The standard InChI is InChI=1S/C23H17ClN4O7/c24-16-6-3-15(18(10-16)28(34)35)11-25(21(29)12-4-7-17(8-5-12)27(32)33)26-22(30)19-13-1-2-14(9-13)20(19)23(26)31/h1-8,10,13-14,19-20H,9,11H2/t13-,14-,19-,20-/m0/s1. The first-order chi connectivity index (χ1) is 16.7. The molecule has 1 saturated heterocycles. The number of hydrogen-bond acceptors (Lipinski definition) is 7. The Morgan fingerprint density at radius 1 is 0.971 bits per heavy atom. The van der Waals surface area contributed by atoms with Crippen molar-refractivity contribution in [3.05, 3.63) is 91.0 Å². The maximum Gasteiger partial charge on any atom is 0.275 e. The van der Waals surface area contributed by atoms with Crippen LogP contribution in [-0.4, -0.2) is 37.6 Å². The molecule has 4 atom stereocenters. The summed E-state index contributed by atoms with van der Waals surface area (Å²) in [4.78, 5) is 61.7. The number of benzene rings is 2. The van der Waals surface area contributed by atoms with E-state index in [1.165, 1.54) is 24.3 Å². The molecule has 0 unspecified atom stereocenters. The van der Waals surface area contributed by atoms with E-state index in [1.807, 2.05) is 12.2 Å². The van der Waals surface area contributed by atoms with Crippen LogP contribution in [-0.2, 0) is 16.1 Å². The van der Waals surface area contributed by atoms with Gasteiger partial charge in [0.25, 0.3) is 29.1 Å². The Balaban J connectivity index is 1.55. The molecule has 2 aromatic carbocycles. The third-order valence-electron chi connectivity index (χ3n) is 6.81. The van der Waals surface area contributed by atoms with Gasteiger partial charge in [0.05, 0.1) is 33.8 Å². The number of rotatable bonds is 6. The molecule has 3 aliphatic rings. The van der Waals surface area contributed by atoms with Gasteiger partial charge >= 0.3 is 0 Å². The number of non-ortho nitro benzene ring substituents is 1. The summed E-state index contributed by atoms with van der Waals surface area (Å²) in [6, 6.07) is 8.56. The molecule has 12 heteroatoms. The van der Waals surface area contributed by atoms with E-state index in [-0.39, 0.29) is 39.4 Å². The molecular weight excluding hydrogens is 480 g/mol. The first kappa shape index (κ1) is 22.7. The molecular formula is C23H17ClN4O7. The Kier molecular flexibility index (Phi) is 5.36. The van der Waals surface area contributed by atoms with Crippen LogP contribution in [0.15, 0.2) is 54.6 Å². The lowest BCUT2D eigenvalue weighted by Crippen LogP contribution is -2.50. The second-order valence-corrected chi connectivity index (χ2v) is 9.12. The van der Waals surface area contributed by atoms with Crippen molar-refractivity contribution >= 4 is 40.7 Å². The third kappa shape index (κ3) is 3.64. The van der Waals surface area contributed by atoms with Crippen LogP contribution in [0.1, 0.15) is 22.3 Å². The topological polar surface area (TPSA) is 144 Å². The predicted octanol–water partition coefficient (Wildman–Crippen LogP) is 3.52. The van der Waals surface area contributed by atoms with Crippen molar-refractivity contribution in [3.8, 4) is 0 Å². The zero-order valence-corrected chi connectivity index (χ0v) is 18.7. The second kappa shape index (κ2) is 8.27. The number of allylic oxidation sites excluding steroid dienone is 2. The summed E-state index contributed by atoms with van der Waals surface area (Å²) >= 11 is 5.91. The van der Waals surface area contributed by atoms with Crippen molar-refractivity contribution in [2.45, 2.75) is 13.0 Å². The molecule has 0 N–H and O–H groups in total. The lowest BCUT2D eigenvalue weighted by atomic mass is 9.85. The first-order valence-corrected chi connectivity index (χ1v) is 11.1. The lowest BCUT2D eigenvalue weighted by Gasteiger charge is -2.31. The van der Waals surface area contributed by atoms with E-state index in [0.29, 0.717) is 6.42 Å². The van der Waals surface area contributed by atoms with E-state index in [4.69, 9.17) is 11.6 Å². The largest absolute Gasteiger partial charge is 0.275 e. The highest BCUT2D eigenvalue weighted by atomic mass is 35.5. The number of carbonyl (C=O) groups excluding carboxylic acids is 3. The van der Waals surface area contributed by atoms with Crippen molar-refractivity contribution in [2.24, 2.45) is 23.7 Å². The zero-order chi connectivity index (χ0) is 25.0. The van der Waals surface area contributed by atoms with Crippen LogP contribution < -0.4 is 0 Å². The van der Waals surface area contributed by atoms with Crippen molar-refractivity contribution < 1.29 is 24.2 Å². The molecule has 2 bridgehead atoms. The van der Waals surface area contributed by atoms with Crippen molar-refractivity contribution in [2.75, 3.05) is 0 Å². The minimum Gasteiger partial charge on any atom is -0.272 e.